The highest BCUT2D eigenvalue weighted by Gasteiger charge is 2.28. The average molecular weight is 303 g/mol. The zero-order valence-corrected chi connectivity index (χ0v) is 12.6. The normalized spacial score (nSPS) is 21.7. The molecule has 0 radical (unpaired) electrons. The van der Waals surface area contributed by atoms with Crippen LogP contribution in [-0.2, 0) is 4.74 Å². The second-order valence-corrected chi connectivity index (χ2v) is 5.29. The van der Waals surface area contributed by atoms with Crippen LogP contribution in [0, 0.1) is 5.82 Å². The summed E-state index contributed by atoms with van der Waals surface area (Å²) in [6.07, 6.45) is 1.56. The third-order valence-electron chi connectivity index (χ3n) is 3.61. The molecule has 1 aromatic carbocycles. The predicted molar refractivity (Wildman–Crippen MR) is 80.5 cm³/mol. The van der Waals surface area contributed by atoms with Crippen LogP contribution < -0.4 is 9.64 Å². The first-order valence-corrected chi connectivity index (χ1v) is 7.18. The third-order valence-corrected chi connectivity index (χ3v) is 3.61. The van der Waals surface area contributed by atoms with E-state index in [4.69, 9.17) is 9.47 Å². The number of halogens is 1. The molecular formula is C16H18FN3O2. The highest BCUT2D eigenvalue weighted by Crippen LogP contribution is 2.27. The lowest BCUT2D eigenvalue weighted by Crippen LogP contribution is -2.43. The van der Waals surface area contributed by atoms with Crippen LogP contribution in [0.1, 0.15) is 18.6 Å². The fourth-order valence-electron chi connectivity index (χ4n) is 2.57. The summed E-state index contributed by atoms with van der Waals surface area (Å²) in [4.78, 5) is 10.7. The monoisotopic (exact) mass is 303 g/mol. The van der Waals surface area contributed by atoms with E-state index in [1.54, 1.807) is 31.5 Å². The van der Waals surface area contributed by atoms with Crippen LogP contribution in [0.5, 0.6) is 5.88 Å². The van der Waals surface area contributed by atoms with Gasteiger partial charge in [0.2, 0.25) is 11.8 Å². The van der Waals surface area contributed by atoms with Crippen molar-refractivity contribution in [3.8, 4) is 5.88 Å². The Morgan fingerprint density at radius 2 is 2.00 bits per heavy atom. The number of hydrogen-bond acceptors (Lipinski definition) is 5. The zero-order chi connectivity index (χ0) is 15.5. The summed E-state index contributed by atoms with van der Waals surface area (Å²) in [6.45, 7) is 3.32. The Bertz CT molecular complexity index is 636. The van der Waals surface area contributed by atoms with Gasteiger partial charge in [0, 0.05) is 18.8 Å². The summed E-state index contributed by atoms with van der Waals surface area (Å²) >= 11 is 0. The molecule has 2 aromatic rings. The van der Waals surface area contributed by atoms with Gasteiger partial charge in [0.15, 0.2) is 0 Å². The van der Waals surface area contributed by atoms with Crippen LogP contribution in [0.25, 0.3) is 0 Å². The Kier molecular flexibility index (Phi) is 4.20. The number of benzene rings is 1. The lowest BCUT2D eigenvalue weighted by Gasteiger charge is -2.37. The van der Waals surface area contributed by atoms with Gasteiger partial charge < -0.3 is 14.4 Å². The first kappa shape index (κ1) is 14.7. The standard InChI is InChI=1S/C16H18FN3O2/c1-11-9-20(16-18-8-7-15(19-16)21-2)10-14(22-11)12-3-5-13(17)6-4-12/h3-8,11,14H,9-10H2,1-2H3. The van der Waals surface area contributed by atoms with Crippen LogP contribution in [-0.4, -0.2) is 36.3 Å². The molecule has 1 aliphatic rings. The van der Waals surface area contributed by atoms with Gasteiger partial charge in [-0.25, -0.2) is 9.37 Å². The molecule has 3 rings (SSSR count). The number of morpholine rings is 1. The summed E-state index contributed by atoms with van der Waals surface area (Å²) in [5.41, 5.74) is 0.945. The lowest BCUT2D eigenvalue weighted by molar-refractivity contribution is -0.0179. The van der Waals surface area contributed by atoms with Gasteiger partial charge in [0.25, 0.3) is 0 Å². The minimum Gasteiger partial charge on any atom is -0.481 e. The molecule has 0 saturated carbocycles. The van der Waals surface area contributed by atoms with Gasteiger partial charge in [-0.05, 0) is 24.6 Å². The number of nitrogens with zero attached hydrogens (tertiary/aromatic N) is 3. The predicted octanol–water partition coefficient (Wildman–Crippen LogP) is 2.59. The van der Waals surface area contributed by atoms with Crippen molar-refractivity contribution in [1.29, 1.82) is 0 Å². The molecule has 1 aromatic heterocycles. The number of aromatic nitrogens is 2. The molecule has 2 unspecified atom stereocenters. The summed E-state index contributed by atoms with van der Waals surface area (Å²) < 4.78 is 24.2. The number of ether oxygens (including phenoxy) is 2. The van der Waals surface area contributed by atoms with Gasteiger partial charge in [0.1, 0.15) is 11.9 Å². The molecule has 0 amide bonds. The number of rotatable bonds is 3. The van der Waals surface area contributed by atoms with Crippen LogP contribution in [0.3, 0.4) is 0 Å². The fourth-order valence-corrected chi connectivity index (χ4v) is 2.57. The van der Waals surface area contributed by atoms with E-state index < -0.39 is 0 Å². The molecule has 1 saturated heterocycles. The van der Waals surface area contributed by atoms with Gasteiger partial charge >= 0.3 is 0 Å². The van der Waals surface area contributed by atoms with Crippen molar-refractivity contribution in [2.24, 2.45) is 0 Å². The fraction of sp³-hybridized carbons (Fsp3) is 0.375. The van der Waals surface area contributed by atoms with E-state index >= 15 is 0 Å². The Morgan fingerprint density at radius 3 is 2.73 bits per heavy atom. The second kappa shape index (κ2) is 6.27. The summed E-state index contributed by atoms with van der Waals surface area (Å²) in [7, 11) is 1.58. The highest BCUT2D eigenvalue weighted by atomic mass is 19.1. The summed E-state index contributed by atoms with van der Waals surface area (Å²) in [6, 6.07) is 8.12. The molecular weight excluding hydrogens is 285 g/mol. The summed E-state index contributed by atoms with van der Waals surface area (Å²) in [5.74, 6) is 0.893. The van der Waals surface area contributed by atoms with E-state index in [0.717, 1.165) is 5.56 Å². The molecule has 2 atom stereocenters. The number of hydrogen-bond donors (Lipinski definition) is 0. The maximum Gasteiger partial charge on any atom is 0.228 e. The summed E-state index contributed by atoms with van der Waals surface area (Å²) in [5, 5.41) is 0. The molecule has 0 bridgehead atoms. The van der Waals surface area contributed by atoms with Gasteiger partial charge in [0.05, 0.1) is 19.8 Å². The van der Waals surface area contributed by atoms with Crippen molar-refractivity contribution in [1.82, 2.24) is 9.97 Å². The lowest BCUT2D eigenvalue weighted by atomic mass is 10.1. The smallest absolute Gasteiger partial charge is 0.228 e. The highest BCUT2D eigenvalue weighted by molar-refractivity contribution is 5.34. The van der Waals surface area contributed by atoms with E-state index in [1.807, 2.05) is 6.92 Å². The topological polar surface area (TPSA) is 47.5 Å². The van der Waals surface area contributed by atoms with Gasteiger partial charge in [-0.1, -0.05) is 12.1 Å². The minimum atomic E-state index is -0.249. The molecule has 1 fully saturated rings. The second-order valence-electron chi connectivity index (χ2n) is 5.29. The van der Waals surface area contributed by atoms with Gasteiger partial charge in [-0.15, -0.1) is 0 Å². The van der Waals surface area contributed by atoms with Crippen LogP contribution in [0.4, 0.5) is 10.3 Å². The van der Waals surface area contributed by atoms with Crippen LogP contribution in [0.2, 0.25) is 0 Å². The van der Waals surface area contributed by atoms with Crippen molar-refractivity contribution < 1.29 is 13.9 Å². The molecule has 6 heteroatoms. The largest absolute Gasteiger partial charge is 0.481 e. The minimum absolute atomic E-state index is 0.0265. The Labute approximate surface area is 128 Å². The van der Waals surface area contributed by atoms with E-state index in [9.17, 15) is 4.39 Å². The van der Waals surface area contributed by atoms with Gasteiger partial charge in [-0.3, -0.25) is 0 Å². The quantitative estimate of drug-likeness (QED) is 0.872. The first-order chi connectivity index (χ1) is 10.7. The van der Waals surface area contributed by atoms with E-state index in [2.05, 4.69) is 14.9 Å². The first-order valence-electron chi connectivity index (χ1n) is 7.18. The Hall–Kier alpha value is -2.21. The number of anilines is 1. The van der Waals surface area contributed by atoms with Crippen LogP contribution >= 0.6 is 0 Å². The molecule has 1 aliphatic heterocycles. The SMILES string of the molecule is COc1ccnc(N2CC(C)OC(c3ccc(F)cc3)C2)n1. The zero-order valence-electron chi connectivity index (χ0n) is 12.6. The average Bonchev–Trinajstić information content (AvgIpc) is 2.55. The van der Waals surface area contributed by atoms with E-state index in [0.29, 0.717) is 24.9 Å². The third kappa shape index (κ3) is 3.17. The molecule has 5 nitrogen and oxygen atoms in total. The van der Waals surface area contributed by atoms with Crippen molar-refractivity contribution in [3.63, 3.8) is 0 Å². The molecule has 0 aliphatic carbocycles. The van der Waals surface area contributed by atoms with Crippen molar-refractivity contribution in [2.45, 2.75) is 19.1 Å². The maximum atomic E-state index is 13.1. The van der Waals surface area contributed by atoms with Crippen LogP contribution in [0.15, 0.2) is 36.5 Å². The number of methoxy groups -OCH3 is 1. The molecule has 0 spiro atoms. The van der Waals surface area contributed by atoms with Gasteiger partial charge in [-0.2, -0.15) is 4.98 Å². The van der Waals surface area contributed by atoms with E-state index in [-0.39, 0.29) is 18.0 Å². The molecule has 2 heterocycles. The maximum absolute atomic E-state index is 13.1. The molecule has 0 N–H and O–H groups in total. The Morgan fingerprint density at radius 1 is 1.23 bits per heavy atom. The molecule has 22 heavy (non-hydrogen) atoms. The van der Waals surface area contributed by atoms with Crippen molar-refractivity contribution in [3.05, 3.63) is 47.9 Å². The van der Waals surface area contributed by atoms with Crippen molar-refractivity contribution in [2.75, 3.05) is 25.1 Å². The molecule has 116 valence electrons. The Balaban J connectivity index is 1.82. The van der Waals surface area contributed by atoms with Crippen molar-refractivity contribution >= 4 is 5.95 Å². The van der Waals surface area contributed by atoms with E-state index in [1.165, 1.54) is 12.1 Å².